The van der Waals surface area contributed by atoms with E-state index in [-0.39, 0.29) is 24.9 Å². The van der Waals surface area contributed by atoms with Gasteiger partial charge >= 0.3 is 6.18 Å². The van der Waals surface area contributed by atoms with Crippen LogP contribution in [0.5, 0.6) is 0 Å². The van der Waals surface area contributed by atoms with Gasteiger partial charge in [-0.3, -0.25) is 9.69 Å². The van der Waals surface area contributed by atoms with Gasteiger partial charge < -0.3 is 5.32 Å². The summed E-state index contributed by atoms with van der Waals surface area (Å²) in [5.41, 5.74) is 0.348. The summed E-state index contributed by atoms with van der Waals surface area (Å²) < 4.78 is 38.1. The van der Waals surface area contributed by atoms with Gasteiger partial charge in [-0.1, -0.05) is 0 Å². The SMILES string of the molecule is CN1C[C@H](NC(=O)c2ccnnc2)CC[C@@H]1C(F)(F)F. The van der Waals surface area contributed by atoms with Crippen LogP contribution in [0.4, 0.5) is 13.2 Å². The minimum Gasteiger partial charge on any atom is -0.348 e. The topological polar surface area (TPSA) is 58.1 Å². The van der Waals surface area contributed by atoms with Crippen molar-refractivity contribution in [1.29, 1.82) is 0 Å². The summed E-state index contributed by atoms with van der Waals surface area (Å²) in [6, 6.07) is -0.217. The fourth-order valence-electron chi connectivity index (χ4n) is 2.37. The Bertz CT molecular complexity index is 466. The first-order valence-electron chi connectivity index (χ1n) is 6.22. The third kappa shape index (κ3) is 3.44. The Hall–Kier alpha value is -1.70. The van der Waals surface area contributed by atoms with Crippen molar-refractivity contribution in [3.8, 4) is 0 Å². The van der Waals surface area contributed by atoms with Gasteiger partial charge in [0.2, 0.25) is 0 Å². The molecule has 1 aromatic heterocycles. The number of alkyl halides is 3. The highest BCUT2D eigenvalue weighted by molar-refractivity contribution is 5.93. The van der Waals surface area contributed by atoms with Gasteiger partial charge in [0.25, 0.3) is 5.91 Å². The number of rotatable bonds is 2. The lowest BCUT2D eigenvalue weighted by Gasteiger charge is -2.38. The van der Waals surface area contributed by atoms with Crippen molar-refractivity contribution < 1.29 is 18.0 Å². The lowest BCUT2D eigenvalue weighted by Crippen LogP contribution is -2.54. The average Bonchev–Trinajstić information content (AvgIpc) is 2.38. The molecule has 1 amide bonds. The summed E-state index contributed by atoms with van der Waals surface area (Å²) in [4.78, 5) is 13.1. The molecular formula is C12H15F3N4O. The van der Waals surface area contributed by atoms with E-state index in [1.165, 1.54) is 30.4 Å². The number of halogens is 3. The Balaban J connectivity index is 1.92. The lowest BCUT2D eigenvalue weighted by atomic mass is 9.98. The van der Waals surface area contributed by atoms with Crippen LogP contribution in [0.3, 0.4) is 0 Å². The maximum Gasteiger partial charge on any atom is 0.404 e. The van der Waals surface area contributed by atoms with Crippen LogP contribution in [0.25, 0.3) is 0 Å². The first kappa shape index (κ1) is 14.7. The van der Waals surface area contributed by atoms with E-state index in [0.29, 0.717) is 12.0 Å². The quantitative estimate of drug-likeness (QED) is 0.889. The van der Waals surface area contributed by atoms with E-state index < -0.39 is 12.2 Å². The predicted molar refractivity (Wildman–Crippen MR) is 65.0 cm³/mol. The van der Waals surface area contributed by atoms with Crippen molar-refractivity contribution in [2.45, 2.75) is 31.1 Å². The number of piperidine rings is 1. The summed E-state index contributed by atoms with van der Waals surface area (Å²) in [7, 11) is 1.42. The predicted octanol–water partition coefficient (Wildman–Crippen LogP) is 1.23. The highest BCUT2D eigenvalue weighted by Crippen LogP contribution is 2.30. The van der Waals surface area contributed by atoms with E-state index in [1.807, 2.05) is 0 Å². The van der Waals surface area contributed by atoms with Crippen molar-refractivity contribution in [3.05, 3.63) is 24.0 Å². The van der Waals surface area contributed by atoms with E-state index in [4.69, 9.17) is 0 Å². The standard InChI is InChI=1S/C12H15F3N4O/c1-19-7-9(2-3-10(19)12(13,14)15)18-11(20)8-4-5-16-17-6-8/h4-6,9-10H,2-3,7H2,1H3,(H,18,20)/t9-,10-/m1/s1. The second-order valence-corrected chi connectivity index (χ2v) is 4.88. The summed E-state index contributed by atoms with van der Waals surface area (Å²) >= 11 is 0. The largest absolute Gasteiger partial charge is 0.404 e. The van der Waals surface area contributed by atoms with E-state index in [9.17, 15) is 18.0 Å². The van der Waals surface area contributed by atoms with E-state index >= 15 is 0 Å². The molecule has 1 aromatic rings. The van der Waals surface area contributed by atoms with Crippen molar-refractivity contribution >= 4 is 5.91 Å². The maximum absolute atomic E-state index is 12.7. The molecule has 2 rings (SSSR count). The van der Waals surface area contributed by atoms with Gasteiger partial charge in [0, 0.05) is 12.6 Å². The first-order valence-corrected chi connectivity index (χ1v) is 6.22. The third-order valence-corrected chi connectivity index (χ3v) is 3.39. The molecule has 8 heteroatoms. The second-order valence-electron chi connectivity index (χ2n) is 4.88. The molecule has 0 aliphatic carbocycles. The number of hydrogen-bond acceptors (Lipinski definition) is 4. The molecule has 0 radical (unpaired) electrons. The second kappa shape index (κ2) is 5.74. The number of hydrogen-bond donors (Lipinski definition) is 1. The normalized spacial score (nSPS) is 24.4. The van der Waals surface area contributed by atoms with E-state index in [1.54, 1.807) is 0 Å². The molecule has 1 aliphatic rings. The number of likely N-dealkylation sites (tertiary alicyclic amines) is 1. The number of carbonyl (C=O) groups excluding carboxylic acids is 1. The zero-order valence-corrected chi connectivity index (χ0v) is 10.9. The number of nitrogens with zero attached hydrogens (tertiary/aromatic N) is 3. The van der Waals surface area contributed by atoms with Gasteiger partial charge in [-0.05, 0) is 26.0 Å². The van der Waals surface area contributed by atoms with Crippen LogP contribution in [0, 0.1) is 0 Å². The van der Waals surface area contributed by atoms with Crippen LogP contribution in [0.1, 0.15) is 23.2 Å². The van der Waals surface area contributed by atoms with Crippen LogP contribution in [-0.2, 0) is 0 Å². The van der Waals surface area contributed by atoms with Gasteiger partial charge in [-0.25, -0.2) is 0 Å². The maximum atomic E-state index is 12.7. The monoisotopic (exact) mass is 288 g/mol. The first-order chi connectivity index (χ1) is 9.38. The molecule has 5 nitrogen and oxygen atoms in total. The van der Waals surface area contributed by atoms with Gasteiger partial charge in [0.15, 0.2) is 0 Å². The molecule has 0 spiro atoms. The van der Waals surface area contributed by atoms with Crippen LogP contribution >= 0.6 is 0 Å². The van der Waals surface area contributed by atoms with Crippen molar-refractivity contribution in [3.63, 3.8) is 0 Å². The van der Waals surface area contributed by atoms with Gasteiger partial charge in [-0.15, -0.1) is 0 Å². The molecule has 1 aliphatic heterocycles. The molecule has 0 saturated carbocycles. The Morgan fingerprint density at radius 1 is 1.40 bits per heavy atom. The van der Waals surface area contributed by atoms with Gasteiger partial charge in [-0.2, -0.15) is 23.4 Å². The summed E-state index contributed by atoms with van der Waals surface area (Å²) in [6.07, 6.45) is -1.22. The molecule has 2 heterocycles. The molecule has 0 unspecified atom stereocenters. The fourth-order valence-corrected chi connectivity index (χ4v) is 2.37. The zero-order valence-electron chi connectivity index (χ0n) is 10.9. The number of amides is 1. The summed E-state index contributed by atoms with van der Waals surface area (Å²) in [6.45, 7) is 0.175. The van der Waals surface area contributed by atoms with E-state index in [0.717, 1.165) is 0 Å². The van der Waals surface area contributed by atoms with Crippen molar-refractivity contribution in [2.24, 2.45) is 0 Å². The fraction of sp³-hybridized carbons (Fsp3) is 0.583. The van der Waals surface area contributed by atoms with Crippen molar-refractivity contribution in [1.82, 2.24) is 20.4 Å². The van der Waals surface area contributed by atoms with Crippen LogP contribution in [-0.4, -0.2) is 52.9 Å². The Morgan fingerprint density at radius 3 is 2.70 bits per heavy atom. The van der Waals surface area contributed by atoms with Crippen LogP contribution in [0.15, 0.2) is 18.5 Å². The molecule has 110 valence electrons. The highest BCUT2D eigenvalue weighted by Gasteiger charge is 2.44. The number of aromatic nitrogens is 2. The summed E-state index contributed by atoms with van der Waals surface area (Å²) in [5, 5.41) is 9.87. The lowest BCUT2D eigenvalue weighted by molar-refractivity contribution is -0.188. The molecule has 1 N–H and O–H groups in total. The molecule has 20 heavy (non-hydrogen) atoms. The molecule has 1 fully saturated rings. The Labute approximate surface area is 114 Å². The molecule has 0 aromatic carbocycles. The number of nitrogens with one attached hydrogen (secondary N) is 1. The van der Waals surface area contributed by atoms with Gasteiger partial charge in [0.05, 0.1) is 18.0 Å². The van der Waals surface area contributed by atoms with Crippen molar-refractivity contribution in [2.75, 3.05) is 13.6 Å². The number of likely N-dealkylation sites (N-methyl/N-ethyl adjacent to an activating group) is 1. The molecule has 2 atom stereocenters. The highest BCUT2D eigenvalue weighted by atomic mass is 19.4. The molecule has 1 saturated heterocycles. The molecular weight excluding hydrogens is 273 g/mol. The molecule has 0 bridgehead atoms. The average molecular weight is 288 g/mol. The van der Waals surface area contributed by atoms with Crippen LogP contribution in [0.2, 0.25) is 0 Å². The smallest absolute Gasteiger partial charge is 0.348 e. The minimum absolute atomic E-state index is 0.0143. The Kier molecular flexibility index (Phi) is 4.22. The summed E-state index contributed by atoms with van der Waals surface area (Å²) in [5.74, 6) is -0.344. The van der Waals surface area contributed by atoms with Gasteiger partial charge in [0.1, 0.15) is 6.04 Å². The Morgan fingerprint density at radius 2 is 2.15 bits per heavy atom. The van der Waals surface area contributed by atoms with Crippen LogP contribution < -0.4 is 5.32 Å². The zero-order chi connectivity index (χ0) is 14.8. The van der Waals surface area contributed by atoms with E-state index in [2.05, 4.69) is 15.5 Å². The minimum atomic E-state index is -4.22. The third-order valence-electron chi connectivity index (χ3n) is 3.39. The number of carbonyl (C=O) groups is 1.